The minimum Gasteiger partial charge on any atom is -0.317 e. The highest BCUT2D eigenvalue weighted by Crippen LogP contribution is 2.53. The number of hydrogen-bond donors (Lipinski definition) is 1. The minimum atomic E-state index is -0.0256. The Balaban J connectivity index is 1.63. The second-order valence-corrected chi connectivity index (χ2v) is 6.03. The summed E-state index contributed by atoms with van der Waals surface area (Å²) in [7, 11) is 0. The van der Waals surface area contributed by atoms with Crippen LogP contribution in [0.15, 0.2) is 12.2 Å². The number of carbonyl (C=O) groups excluding carboxylic acids is 2. The number of rotatable bonds is 1. The molecule has 2 amide bonds. The van der Waals surface area contributed by atoms with E-state index in [1.165, 1.54) is 0 Å². The normalized spacial score (nSPS) is 43.0. The van der Waals surface area contributed by atoms with E-state index >= 15 is 0 Å². The van der Waals surface area contributed by atoms with Gasteiger partial charge in [0.25, 0.3) is 0 Å². The lowest BCUT2D eigenvalue weighted by atomic mass is 9.85. The molecule has 18 heavy (non-hydrogen) atoms. The van der Waals surface area contributed by atoms with Gasteiger partial charge in [-0.15, -0.1) is 0 Å². The van der Waals surface area contributed by atoms with Crippen LogP contribution in [0.3, 0.4) is 0 Å². The van der Waals surface area contributed by atoms with Gasteiger partial charge in [-0.3, -0.25) is 14.5 Å². The molecule has 4 rings (SSSR count). The number of likely N-dealkylation sites (tertiary alicyclic amines) is 1. The van der Waals surface area contributed by atoms with Gasteiger partial charge < -0.3 is 5.32 Å². The smallest absolute Gasteiger partial charge is 0.233 e. The lowest BCUT2D eigenvalue weighted by molar-refractivity contribution is -0.144. The van der Waals surface area contributed by atoms with Gasteiger partial charge in [0.2, 0.25) is 11.8 Å². The van der Waals surface area contributed by atoms with Crippen LogP contribution in [0.4, 0.5) is 0 Å². The molecule has 0 aromatic rings. The number of imide groups is 1. The van der Waals surface area contributed by atoms with Gasteiger partial charge in [0.05, 0.1) is 11.8 Å². The summed E-state index contributed by atoms with van der Waals surface area (Å²) in [5.74, 6) is 0.860. The van der Waals surface area contributed by atoms with Crippen LogP contribution in [-0.2, 0) is 9.59 Å². The molecule has 2 heterocycles. The van der Waals surface area contributed by atoms with Gasteiger partial charge in [-0.1, -0.05) is 12.2 Å². The van der Waals surface area contributed by atoms with Crippen molar-refractivity contribution in [3.8, 4) is 0 Å². The van der Waals surface area contributed by atoms with Gasteiger partial charge in [0.1, 0.15) is 0 Å². The Bertz CT molecular complexity index is 409. The van der Waals surface area contributed by atoms with Gasteiger partial charge in [-0.2, -0.15) is 0 Å². The topological polar surface area (TPSA) is 49.4 Å². The maximum Gasteiger partial charge on any atom is 0.233 e. The van der Waals surface area contributed by atoms with Crippen LogP contribution in [0.5, 0.6) is 0 Å². The first-order valence-corrected chi connectivity index (χ1v) is 7.03. The van der Waals surface area contributed by atoms with Crippen molar-refractivity contribution in [1.82, 2.24) is 10.2 Å². The highest BCUT2D eigenvalue weighted by molar-refractivity contribution is 6.06. The summed E-state index contributed by atoms with van der Waals surface area (Å²) in [6.45, 7) is 1.84. The van der Waals surface area contributed by atoms with E-state index in [1.54, 1.807) is 4.90 Å². The van der Waals surface area contributed by atoms with Gasteiger partial charge in [-0.25, -0.2) is 0 Å². The fraction of sp³-hybridized carbons (Fsp3) is 0.714. The third-order valence-electron chi connectivity index (χ3n) is 5.18. The second kappa shape index (κ2) is 3.67. The Labute approximate surface area is 106 Å². The Morgan fingerprint density at radius 3 is 2.11 bits per heavy atom. The number of piperidine rings is 1. The maximum atomic E-state index is 12.5. The van der Waals surface area contributed by atoms with E-state index in [0.717, 1.165) is 32.4 Å². The highest BCUT2D eigenvalue weighted by atomic mass is 16.2. The predicted octanol–water partition coefficient (Wildman–Crippen LogP) is 0.545. The molecule has 3 fully saturated rings. The SMILES string of the molecule is O=C1C2C3C=CC(C3)C2C(=O)N1C1CCNCC1. The highest BCUT2D eigenvalue weighted by Gasteiger charge is 2.60. The molecule has 0 radical (unpaired) electrons. The van der Waals surface area contributed by atoms with Gasteiger partial charge in [0, 0.05) is 6.04 Å². The Morgan fingerprint density at radius 2 is 1.56 bits per heavy atom. The first kappa shape index (κ1) is 10.7. The summed E-state index contributed by atoms with van der Waals surface area (Å²) < 4.78 is 0. The number of carbonyl (C=O) groups is 2. The Kier molecular flexibility index (Phi) is 2.19. The molecule has 4 aliphatic rings. The quantitative estimate of drug-likeness (QED) is 0.543. The van der Waals surface area contributed by atoms with Gasteiger partial charge in [0.15, 0.2) is 0 Å². The molecule has 2 aliphatic heterocycles. The fourth-order valence-corrected chi connectivity index (χ4v) is 4.35. The van der Waals surface area contributed by atoms with E-state index in [4.69, 9.17) is 0 Å². The summed E-state index contributed by atoms with van der Waals surface area (Å²) in [6, 6.07) is 0.149. The lowest BCUT2D eigenvalue weighted by Crippen LogP contribution is -2.47. The molecule has 1 saturated carbocycles. The average molecular weight is 246 g/mol. The number of allylic oxidation sites excluding steroid dienone is 2. The zero-order valence-corrected chi connectivity index (χ0v) is 10.3. The van der Waals surface area contributed by atoms with Gasteiger partial charge in [-0.05, 0) is 44.2 Å². The number of amides is 2. The van der Waals surface area contributed by atoms with Crippen molar-refractivity contribution < 1.29 is 9.59 Å². The van der Waals surface area contributed by atoms with Crippen LogP contribution in [0.2, 0.25) is 0 Å². The molecule has 4 atom stereocenters. The number of fused-ring (bicyclic) bond motifs is 5. The van der Waals surface area contributed by atoms with E-state index in [0.29, 0.717) is 11.8 Å². The van der Waals surface area contributed by atoms with Crippen molar-refractivity contribution in [3.05, 3.63) is 12.2 Å². The third-order valence-corrected chi connectivity index (χ3v) is 5.18. The first-order chi connectivity index (χ1) is 8.77. The molecule has 96 valence electrons. The van der Waals surface area contributed by atoms with E-state index in [1.807, 2.05) is 0 Å². The molecule has 4 nitrogen and oxygen atoms in total. The lowest BCUT2D eigenvalue weighted by Gasteiger charge is -2.31. The average Bonchev–Trinajstić information content (AvgIpc) is 3.05. The number of nitrogens with zero attached hydrogens (tertiary/aromatic N) is 1. The minimum absolute atomic E-state index is 0.0256. The van der Waals surface area contributed by atoms with E-state index in [-0.39, 0.29) is 29.7 Å². The number of nitrogens with one attached hydrogen (secondary N) is 1. The third kappa shape index (κ3) is 1.24. The molecular weight excluding hydrogens is 228 g/mol. The molecule has 4 heteroatoms. The predicted molar refractivity (Wildman–Crippen MR) is 65.5 cm³/mol. The molecule has 4 unspecified atom stereocenters. The second-order valence-electron chi connectivity index (χ2n) is 6.03. The molecule has 0 spiro atoms. The van der Waals surface area contributed by atoms with Crippen molar-refractivity contribution in [2.24, 2.45) is 23.7 Å². The van der Waals surface area contributed by atoms with E-state index in [2.05, 4.69) is 17.5 Å². The standard InChI is InChI=1S/C14H18N2O2/c17-13-11-8-1-2-9(7-8)12(11)14(18)16(13)10-3-5-15-6-4-10/h1-2,8-12,15H,3-7H2. The summed E-state index contributed by atoms with van der Waals surface area (Å²) in [4.78, 5) is 26.7. The summed E-state index contributed by atoms with van der Waals surface area (Å²) in [5, 5.41) is 3.29. The monoisotopic (exact) mass is 246 g/mol. The zero-order valence-electron chi connectivity index (χ0n) is 10.3. The van der Waals surface area contributed by atoms with Crippen LogP contribution in [-0.4, -0.2) is 35.8 Å². The van der Waals surface area contributed by atoms with Gasteiger partial charge >= 0.3 is 0 Å². The molecule has 1 N–H and O–H groups in total. The molecule has 2 saturated heterocycles. The summed E-state index contributed by atoms with van der Waals surface area (Å²) >= 11 is 0. The molecular formula is C14H18N2O2. The van der Waals surface area contributed by atoms with Crippen LogP contribution in [0.1, 0.15) is 19.3 Å². The van der Waals surface area contributed by atoms with Crippen LogP contribution in [0.25, 0.3) is 0 Å². The summed E-state index contributed by atoms with van der Waals surface area (Å²) in [6.07, 6.45) is 7.16. The van der Waals surface area contributed by atoms with Crippen LogP contribution in [0, 0.1) is 23.7 Å². The first-order valence-electron chi connectivity index (χ1n) is 7.03. The van der Waals surface area contributed by atoms with E-state index < -0.39 is 0 Å². The van der Waals surface area contributed by atoms with Crippen LogP contribution < -0.4 is 5.32 Å². The summed E-state index contributed by atoms with van der Waals surface area (Å²) in [5.41, 5.74) is 0. The maximum absolute atomic E-state index is 12.5. The van der Waals surface area contributed by atoms with Crippen LogP contribution >= 0.6 is 0 Å². The van der Waals surface area contributed by atoms with Crippen molar-refractivity contribution >= 4 is 11.8 Å². The molecule has 2 aliphatic carbocycles. The Hall–Kier alpha value is -1.16. The fourth-order valence-electron chi connectivity index (χ4n) is 4.35. The Morgan fingerprint density at radius 1 is 1.00 bits per heavy atom. The van der Waals surface area contributed by atoms with E-state index in [9.17, 15) is 9.59 Å². The zero-order chi connectivity index (χ0) is 12.3. The van der Waals surface area contributed by atoms with Crippen molar-refractivity contribution in [3.63, 3.8) is 0 Å². The largest absolute Gasteiger partial charge is 0.317 e. The molecule has 2 bridgehead atoms. The molecule has 0 aromatic heterocycles. The van der Waals surface area contributed by atoms with Crippen molar-refractivity contribution in [1.29, 1.82) is 0 Å². The number of hydrogen-bond acceptors (Lipinski definition) is 3. The van der Waals surface area contributed by atoms with Crippen molar-refractivity contribution in [2.45, 2.75) is 25.3 Å². The molecule has 0 aromatic carbocycles. The van der Waals surface area contributed by atoms with Crippen molar-refractivity contribution in [2.75, 3.05) is 13.1 Å².